The molecule has 0 spiro atoms. The van der Waals surface area contributed by atoms with Crippen molar-refractivity contribution >= 4 is 17.3 Å². The van der Waals surface area contributed by atoms with E-state index >= 15 is 0 Å². The molecule has 0 atom stereocenters. The van der Waals surface area contributed by atoms with Crippen LogP contribution in [0.4, 0.5) is 5.69 Å². The van der Waals surface area contributed by atoms with Gasteiger partial charge in [0, 0.05) is 13.1 Å². The summed E-state index contributed by atoms with van der Waals surface area (Å²) < 4.78 is 5.07. The lowest BCUT2D eigenvalue weighted by molar-refractivity contribution is 0.415. The van der Waals surface area contributed by atoms with E-state index in [1.165, 1.54) is 0 Å². The number of rotatable bonds is 4. The van der Waals surface area contributed by atoms with Crippen LogP contribution < -0.4 is 15.0 Å². The van der Waals surface area contributed by atoms with Crippen molar-refractivity contribution in [2.75, 3.05) is 32.8 Å². The van der Waals surface area contributed by atoms with E-state index in [0.29, 0.717) is 5.02 Å². The van der Waals surface area contributed by atoms with Crippen LogP contribution in [0.5, 0.6) is 5.75 Å². The van der Waals surface area contributed by atoms with Gasteiger partial charge in [0.1, 0.15) is 5.75 Å². The highest BCUT2D eigenvalue weighted by atomic mass is 35.5. The molecule has 0 bridgehead atoms. The van der Waals surface area contributed by atoms with Crippen LogP contribution in [0.25, 0.3) is 0 Å². The summed E-state index contributed by atoms with van der Waals surface area (Å²) in [4.78, 5) is 2.03. The average molecular weight is 215 g/mol. The molecule has 1 N–H and O–H groups in total. The molecule has 1 rings (SSSR count). The minimum absolute atomic E-state index is 0.696. The van der Waals surface area contributed by atoms with Crippen LogP contribution in [0.3, 0.4) is 0 Å². The Bertz CT molecular complexity index is 304. The molecule has 0 radical (unpaired) electrons. The van der Waals surface area contributed by atoms with E-state index in [1.807, 2.05) is 37.2 Å². The summed E-state index contributed by atoms with van der Waals surface area (Å²) in [5, 5.41) is 3.75. The van der Waals surface area contributed by atoms with Gasteiger partial charge in [-0.3, -0.25) is 0 Å². The Balaban J connectivity index is 2.88. The topological polar surface area (TPSA) is 24.5 Å². The zero-order valence-corrected chi connectivity index (χ0v) is 9.43. The molecule has 4 heteroatoms. The van der Waals surface area contributed by atoms with Crippen LogP contribution in [0.2, 0.25) is 5.02 Å². The van der Waals surface area contributed by atoms with E-state index in [9.17, 15) is 0 Å². The molecule has 14 heavy (non-hydrogen) atoms. The molecule has 0 unspecified atom stereocenters. The first-order chi connectivity index (χ1) is 6.69. The maximum absolute atomic E-state index is 6.09. The highest BCUT2D eigenvalue weighted by Gasteiger charge is 2.05. The third kappa shape index (κ3) is 2.53. The molecular weight excluding hydrogens is 200 g/mol. The number of hydrogen-bond donors (Lipinski definition) is 1. The van der Waals surface area contributed by atoms with E-state index < -0.39 is 0 Å². The third-order valence-electron chi connectivity index (χ3n) is 1.96. The normalized spacial score (nSPS) is 10.0. The fourth-order valence-corrected chi connectivity index (χ4v) is 1.56. The number of halogens is 1. The Morgan fingerprint density at radius 3 is 2.71 bits per heavy atom. The second-order valence-corrected chi connectivity index (χ2v) is 3.43. The van der Waals surface area contributed by atoms with Gasteiger partial charge in [-0.1, -0.05) is 11.6 Å². The SMILES string of the molecule is CNCN(C)c1ccc(OC)cc1Cl. The van der Waals surface area contributed by atoms with Gasteiger partial charge in [-0.15, -0.1) is 0 Å². The van der Waals surface area contributed by atoms with Crippen molar-refractivity contribution in [3.05, 3.63) is 23.2 Å². The predicted molar refractivity (Wildman–Crippen MR) is 60.3 cm³/mol. The number of anilines is 1. The Morgan fingerprint density at radius 1 is 1.50 bits per heavy atom. The van der Waals surface area contributed by atoms with Crippen molar-refractivity contribution in [1.82, 2.24) is 5.32 Å². The van der Waals surface area contributed by atoms with Crippen molar-refractivity contribution in [1.29, 1.82) is 0 Å². The van der Waals surface area contributed by atoms with E-state index in [1.54, 1.807) is 7.11 Å². The summed E-state index contributed by atoms with van der Waals surface area (Å²) in [6.45, 7) is 0.756. The van der Waals surface area contributed by atoms with Crippen LogP contribution in [0.15, 0.2) is 18.2 Å². The molecule has 0 heterocycles. The number of nitrogens with one attached hydrogen (secondary N) is 1. The van der Waals surface area contributed by atoms with Crippen LogP contribution in [-0.2, 0) is 0 Å². The van der Waals surface area contributed by atoms with Crippen molar-refractivity contribution < 1.29 is 4.74 Å². The van der Waals surface area contributed by atoms with Crippen LogP contribution >= 0.6 is 11.6 Å². The van der Waals surface area contributed by atoms with Gasteiger partial charge in [-0.25, -0.2) is 0 Å². The zero-order chi connectivity index (χ0) is 10.6. The summed E-state index contributed by atoms with van der Waals surface area (Å²) in [6.07, 6.45) is 0. The lowest BCUT2D eigenvalue weighted by Gasteiger charge is -2.20. The highest BCUT2D eigenvalue weighted by molar-refractivity contribution is 6.33. The summed E-state index contributed by atoms with van der Waals surface area (Å²) in [6, 6.07) is 5.65. The van der Waals surface area contributed by atoms with Gasteiger partial charge in [-0.05, 0) is 19.2 Å². The van der Waals surface area contributed by atoms with Gasteiger partial charge >= 0.3 is 0 Å². The molecule has 0 aromatic heterocycles. The Morgan fingerprint density at radius 2 is 2.21 bits per heavy atom. The third-order valence-corrected chi connectivity index (χ3v) is 2.26. The molecule has 1 aromatic rings. The average Bonchev–Trinajstić information content (AvgIpc) is 2.17. The number of methoxy groups -OCH3 is 1. The zero-order valence-electron chi connectivity index (χ0n) is 8.67. The number of ether oxygens (including phenoxy) is 1. The van der Waals surface area contributed by atoms with Gasteiger partial charge in [0.2, 0.25) is 0 Å². The monoisotopic (exact) mass is 214 g/mol. The Hall–Kier alpha value is -0.930. The van der Waals surface area contributed by atoms with E-state index in [0.717, 1.165) is 18.1 Å². The quantitative estimate of drug-likeness (QED) is 0.776. The van der Waals surface area contributed by atoms with Gasteiger partial charge < -0.3 is 15.0 Å². The van der Waals surface area contributed by atoms with E-state index in [4.69, 9.17) is 16.3 Å². The minimum Gasteiger partial charge on any atom is -0.497 e. The first-order valence-electron chi connectivity index (χ1n) is 4.38. The van der Waals surface area contributed by atoms with Gasteiger partial charge in [0.25, 0.3) is 0 Å². The van der Waals surface area contributed by atoms with E-state index in [2.05, 4.69) is 5.32 Å². The van der Waals surface area contributed by atoms with Crippen LogP contribution in [-0.4, -0.2) is 27.9 Å². The molecular formula is C10H15ClN2O. The smallest absolute Gasteiger partial charge is 0.120 e. The number of benzene rings is 1. The van der Waals surface area contributed by atoms with E-state index in [-0.39, 0.29) is 0 Å². The minimum atomic E-state index is 0.696. The van der Waals surface area contributed by atoms with Gasteiger partial charge in [0.15, 0.2) is 0 Å². The maximum Gasteiger partial charge on any atom is 0.120 e. The lowest BCUT2D eigenvalue weighted by atomic mass is 10.3. The van der Waals surface area contributed by atoms with Crippen molar-refractivity contribution in [3.8, 4) is 5.75 Å². The summed E-state index contributed by atoms with van der Waals surface area (Å²) in [5.41, 5.74) is 0.988. The Kier molecular flexibility index (Phi) is 4.04. The molecule has 3 nitrogen and oxygen atoms in total. The second-order valence-electron chi connectivity index (χ2n) is 3.03. The second kappa shape index (κ2) is 5.08. The number of hydrogen-bond acceptors (Lipinski definition) is 3. The fraction of sp³-hybridized carbons (Fsp3) is 0.400. The van der Waals surface area contributed by atoms with Crippen LogP contribution in [0, 0.1) is 0 Å². The van der Waals surface area contributed by atoms with Gasteiger partial charge in [-0.2, -0.15) is 0 Å². The molecule has 0 fully saturated rings. The predicted octanol–water partition coefficient (Wildman–Crippen LogP) is 1.96. The molecule has 0 amide bonds. The summed E-state index contributed by atoms with van der Waals surface area (Å²) >= 11 is 6.09. The van der Waals surface area contributed by atoms with Crippen molar-refractivity contribution in [2.45, 2.75) is 0 Å². The highest BCUT2D eigenvalue weighted by Crippen LogP contribution is 2.28. The molecule has 0 saturated carbocycles. The van der Waals surface area contributed by atoms with Crippen molar-refractivity contribution in [2.24, 2.45) is 0 Å². The first kappa shape index (κ1) is 11.1. The molecule has 78 valence electrons. The standard InChI is InChI=1S/C10H15ClN2O/c1-12-7-13(2)10-5-4-8(14-3)6-9(10)11/h4-6,12H,7H2,1-3H3. The summed E-state index contributed by atoms with van der Waals surface area (Å²) in [5.74, 6) is 0.775. The molecule has 0 saturated heterocycles. The number of nitrogens with zero attached hydrogens (tertiary/aromatic N) is 1. The Labute approximate surface area is 89.6 Å². The maximum atomic E-state index is 6.09. The molecule has 0 aliphatic rings. The lowest BCUT2D eigenvalue weighted by Crippen LogP contribution is -2.28. The fourth-order valence-electron chi connectivity index (χ4n) is 1.25. The molecule has 0 aliphatic carbocycles. The van der Waals surface area contributed by atoms with Crippen LogP contribution in [0.1, 0.15) is 0 Å². The van der Waals surface area contributed by atoms with Crippen molar-refractivity contribution in [3.63, 3.8) is 0 Å². The van der Waals surface area contributed by atoms with Gasteiger partial charge in [0.05, 0.1) is 24.5 Å². The summed E-state index contributed by atoms with van der Waals surface area (Å²) in [7, 11) is 5.50. The molecule has 1 aromatic carbocycles. The first-order valence-corrected chi connectivity index (χ1v) is 4.76. The molecule has 0 aliphatic heterocycles. The largest absolute Gasteiger partial charge is 0.497 e.